The summed E-state index contributed by atoms with van der Waals surface area (Å²) in [6.45, 7) is 7.21. The van der Waals surface area contributed by atoms with Gasteiger partial charge in [0.1, 0.15) is 18.1 Å². The van der Waals surface area contributed by atoms with Crippen molar-refractivity contribution in [3.63, 3.8) is 0 Å². The number of carboxylic acids is 2. The molecule has 2 aromatic rings. The molecule has 214 valence electrons. The zero-order chi connectivity index (χ0) is 29.3. The van der Waals surface area contributed by atoms with Gasteiger partial charge in [0.2, 0.25) is 17.7 Å². The minimum absolute atomic E-state index is 0.00642. The number of hydrogen-bond acceptors (Lipinski definition) is 6. The number of fused-ring (bicyclic) bond motifs is 1. The number of rotatable bonds is 15. The van der Waals surface area contributed by atoms with Crippen molar-refractivity contribution in [1.82, 2.24) is 20.9 Å². The molecule has 5 atom stereocenters. The van der Waals surface area contributed by atoms with E-state index in [2.05, 4.69) is 20.9 Å². The van der Waals surface area contributed by atoms with E-state index in [0.717, 1.165) is 16.5 Å². The molecule has 5 unspecified atom stereocenters. The van der Waals surface area contributed by atoms with Crippen LogP contribution in [0.2, 0.25) is 0 Å². The van der Waals surface area contributed by atoms with Crippen molar-refractivity contribution in [1.29, 1.82) is 0 Å². The number of carbonyl (C=O) groups is 5. The Labute approximate surface area is 227 Å². The molecule has 8 N–H and O–H groups in total. The number of aliphatic carboxylic acids is 2. The van der Waals surface area contributed by atoms with Gasteiger partial charge < -0.3 is 36.9 Å². The van der Waals surface area contributed by atoms with Crippen LogP contribution in [0, 0.1) is 11.8 Å². The first-order chi connectivity index (χ1) is 18.3. The maximum absolute atomic E-state index is 13.4. The van der Waals surface area contributed by atoms with Crippen LogP contribution in [-0.4, -0.2) is 69.0 Å². The van der Waals surface area contributed by atoms with Gasteiger partial charge in [0.25, 0.3) is 0 Å². The fourth-order valence-corrected chi connectivity index (χ4v) is 4.20. The minimum atomic E-state index is -1.36. The maximum atomic E-state index is 13.4. The van der Waals surface area contributed by atoms with Crippen molar-refractivity contribution >= 4 is 40.6 Å². The van der Waals surface area contributed by atoms with Gasteiger partial charge in [0.05, 0.1) is 12.5 Å². The van der Waals surface area contributed by atoms with E-state index in [4.69, 9.17) is 10.8 Å². The van der Waals surface area contributed by atoms with E-state index < -0.39 is 60.2 Å². The Bertz CT molecular complexity index is 1180. The van der Waals surface area contributed by atoms with Crippen LogP contribution in [0.25, 0.3) is 10.9 Å². The Balaban J connectivity index is 2.34. The van der Waals surface area contributed by atoms with E-state index in [1.807, 2.05) is 45.0 Å². The van der Waals surface area contributed by atoms with E-state index in [1.165, 1.54) is 0 Å². The molecular formula is C27H39N5O7. The third-order valence-corrected chi connectivity index (χ3v) is 6.58. The van der Waals surface area contributed by atoms with Crippen molar-refractivity contribution in [3.8, 4) is 0 Å². The van der Waals surface area contributed by atoms with E-state index >= 15 is 0 Å². The molecule has 0 aliphatic rings. The third kappa shape index (κ3) is 9.10. The molecule has 1 heterocycles. The second kappa shape index (κ2) is 14.3. The number of nitrogens with one attached hydrogen (secondary N) is 4. The average molecular weight is 546 g/mol. The van der Waals surface area contributed by atoms with Crippen LogP contribution in [0.15, 0.2) is 30.5 Å². The van der Waals surface area contributed by atoms with Gasteiger partial charge in [-0.1, -0.05) is 52.3 Å². The second-order valence-electron chi connectivity index (χ2n) is 10.2. The van der Waals surface area contributed by atoms with Gasteiger partial charge in [-0.2, -0.15) is 0 Å². The number of aromatic amines is 1. The first-order valence-electron chi connectivity index (χ1n) is 13.0. The average Bonchev–Trinajstić information content (AvgIpc) is 3.27. The van der Waals surface area contributed by atoms with Crippen LogP contribution in [0.1, 0.15) is 52.5 Å². The standard InChI is InChI=1S/C27H39N5O7/c1-5-15(4)23(32-24(35)18(28)12-22(33)34)26(37)30-20(25(36)31-21(27(38)39)10-14(2)3)11-16-13-29-19-9-7-6-8-17(16)19/h6-9,13-15,18,20-21,23,29H,5,10-12,28H2,1-4H3,(H,30,37)(H,31,36)(H,32,35)(H,33,34)(H,38,39). The summed E-state index contributed by atoms with van der Waals surface area (Å²) >= 11 is 0. The van der Waals surface area contributed by atoms with E-state index in [-0.39, 0.29) is 24.7 Å². The molecule has 0 saturated carbocycles. The molecule has 3 amide bonds. The molecule has 0 radical (unpaired) electrons. The highest BCUT2D eigenvalue weighted by Crippen LogP contribution is 2.20. The number of carboxylic acid groups (broad SMARTS) is 2. The molecule has 12 heteroatoms. The Morgan fingerprint density at radius 3 is 2.15 bits per heavy atom. The molecule has 0 aliphatic carbocycles. The van der Waals surface area contributed by atoms with Crippen LogP contribution in [0.5, 0.6) is 0 Å². The van der Waals surface area contributed by atoms with Gasteiger partial charge >= 0.3 is 11.9 Å². The highest BCUT2D eigenvalue weighted by Gasteiger charge is 2.33. The van der Waals surface area contributed by atoms with Crippen LogP contribution >= 0.6 is 0 Å². The lowest BCUT2D eigenvalue weighted by molar-refractivity contribution is -0.142. The van der Waals surface area contributed by atoms with Crippen LogP contribution in [0.4, 0.5) is 0 Å². The summed E-state index contributed by atoms with van der Waals surface area (Å²) in [7, 11) is 0. The fourth-order valence-electron chi connectivity index (χ4n) is 4.20. The van der Waals surface area contributed by atoms with E-state index in [0.29, 0.717) is 6.42 Å². The first kappa shape index (κ1) is 31.3. The van der Waals surface area contributed by atoms with Gasteiger partial charge in [-0.15, -0.1) is 0 Å². The summed E-state index contributed by atoms with van der Waals surface area (Å²) in [5, 5.41) is 27.2. The van der Waals surface area contributed by atoms with E-state index in [1.54, 1.807) is 13.1 Å². The molecule has 0 spiro atoms. The van der Waals surface area contributed by atoms with Crippen LogP contribution in [0.3, 0.4) is 0 Å². The third-order valence-electron chi connectivity index (χ3n) is 6.58. The van der Waals surface area contributed by atoms with Crippen molar-refractivity contribution in [3.05, 3.63) is 36.0 Å². The summed E-state index contributed by atoms with van der Waals surface area (Å²) in [6, 6.07) is 2.64. The number of carbonyl (C=O) groups excluding carboxylic acids is 3. The molecule has 0 aliphatic heterocycles. The molecule has 0 fully saturated rings. The minimum Gasteiger partial charge on any atom is -0.481 e. The Morgan fingerprint density at radius 2 is 1.56 bits per heavy atom. The van der Waals surface area contributed by atoms with Crippen molar-refractivity contribution in [2.24, 2.45) is 17.6 Å². The SMILES string of the molecule is CCC(C)C(NC(=O)C(N)CC(=O)O)C(=O)NC(Cc1c[nH]c2ccccc12)C(=O)NC(CC(C)C)C(=O)O. The highest BCUT2D eigenvalue weighted by molar-refractivity contribution is 5.95. The lowest BCUT2D eigenvalue weighted by atomic mass is 9.96. The summed E-state index contributed by atoms with van der Waals surface area (Å²) in [5.41, 5.74) is 7.24. The summed E-state index contributed by atoms with van der Waals surface area (Å²) in [6.07, 6.45) is 1.84. The number of benzene rings is 1. The predicted molar refractivity (Wildman–Crippen MR) is 145 cm³/mol. The Morgan fingerprint density at radius 1 is 0.923 bits per heavy atom. The quantitative estimate of drug-likeness (QED) is 0.172. The zero-order valence-corrected chi connectivity index (χ0v) is 22.7. The van der Waals surface area contributed by atoms with Gasteiger partial charge in [0, 0.05) is 23.5 Å². The lowest BCUT2D eigenvalue weighted by Gasteiger charge is -2.28. The van der Waals surface area contributed by atoms with Crippen molar-refractivity contribution in [2.45, 2.75) is 77.5 Å². The van der Waals surface area contributed by atoms with Gasteiger partial charge in [-0.25, -0.2) is 4.79 Å². The molecule has 0 saturated heterocycles. The van der Waals surface area contributed by atoms with Crippen LogP contribution < -0.4 is 21.7 Å². The first-order valence-corrected chi connectivity index (χ1v) is 13.0. The number of para-hydroxylation sites is 1. The monoisotopic (exact) mass is 545 g/mol. The number of hydrogen-bond donors (Lipinski definition) is 7. The fraction of sp³-hybridized carbons (Fsp3) is 0.519. The maximum Gasteiger partial charge on any atom is 0.326 e. The normalized spacial score (nSPS) is 15.1. The molecule has 0 bridgehead atoms. The van der Waals surface area contributed by atoms with Crippen molar-refractivity contribution < 1.29 is 34.2 Å². The molecule has 12 nitrogen and oxygen atoms in total. The highest BCUT2D eigenvalue weighted by atomic mass is 16.4. The molecule has 1 aromatic carbocycles. The second-order valence-corrected chi connectivity index (χ2v) is 10.2. The molecular weight excluding hydrogens is 506 g/mol. The predicted octanol–water partition coefficient (Wildman–Crippen LogP) is 1.14. The summed E-state index contributed by atoms with van der Waals surface area (Å²) in [5.74, 6) is -4.99. The molecule has 39 heavy (non-hydrogen) atoms. The number of amides is 3. The van der Waals surface area contributed by atoms with Gasteiger partial charge in [0.15, 0.2) is 0 Å². The van der Waals surface area contributed by atoms with E-state index in [9.17, 15) is 29.1 Å². The number of H-pyrrole nitrogens is 1. The van der Waals surface area contributed by atoms with Gasteiger partial charge in [-0.05, 0) is 29.9 Å². The zero-order valence-electron chi connectivity index (χ0n) is 22.7. The van der Waals surface area contributed by atoms with Crippen LogP contribution in [-0.2, 0) is 30.4 Å². The number of aromatic nitrogens is 1. The largest absolute Gasteiger partial charge is 0.481 e. The molecule has 1 aromatic heterocycles. The summed E-state index contributed by atoms with van der Waals surface area (Å²) < 4.78 is 0. The van der Waals surface area contributed by atoms with Gasteiger partial charge in [-0.3, -0.25) is 19.2 Å². The topological polar surface area (TPSA) is 204 Å². The smallest absolute Gasteiger partial charge is 0.326 e. The van der Waals surface area contributed by atoms with Crippen molar-refractivity contribution in [2.75, 3.05) is 0 Å². The Kier molecular flexibility index (Phi) is 11.5. The Hall–Kier alpha value is -3.93. The molecule has 2 rings (SSSR count). The lowest BCUT2D eigenvalue weighted by Crippen LogP contribution is -2.59. The number of nitrogens with two attached hydrogens (primary N) is 1. The summed E-state index contributed by atoms with van der Waals surface area (Å²) in [4.78, 5) is 65.2.